The van der Waals surface area contributed by atoms with E-state index in [1.54, 1.807) is 0 Å². The van der Waals surface area contributed by atoms with Crippen LogP contribution in [0.15, 0.2) is 188 Å². The van der Waals surface area contributed by atoms with Gasteiger partial charge in [0.2, 0.25) is 0 Å². The van der Waals surface area contributed by atoms with E-state index in [0.717, 1.165) is 11.4 Å². The highest BCUT2D eigenvalue weighted by Gasteiger charge is 2.23. The topological polar surface area (TPSA) is 3.24 Å². The Hall–Kier alpha value is -6.18. The van der Waals surface area contributed by atoms with E-state index in [0.29, 0.717) is 0 Å². The van der Waals surface area contributed by atoms with E-state index < -0.39 is 0 Å². The van der Waals surface area contributed by atoms with Gasteiger partial charge in [-0.2, -0.15) is 0 Å². The second-order valence-electron chi connectivity index (χ2n) is 12.1. The first kappa shape index (κ1) is 27.2. The van der Waals surface area contributed by atoms with Crippen molar-refractivity contribution in [2.75, 3.05) is 4.90 Å². The molecule has 0 aromatic heterocycles. The molecule has 0 N–H and O–H groups in total. The first-order chi connectivity index (χ1) is 23.3. The van der Waals surface area contributed by atoms with Crippen molar-refractivity contribution in [1.29, 1.82) is 0 Å². The van der Waals surface area contributed by atoms with E-state index in [-0.39, 0.29) is 0 Å². The van der Waals surface area contributed by atoms with Gasteiger partial charge in [-0.3, -0.25) is 0 Å². The molecule has 0 spiro atoms. The maximum atomic E-state index is 2.48. The van der Waals surface area contributed by atoms with Crippen molar-refractivity contribution in [3.8, 4) is 22.3 Å². The van der Waals surface area contributed by atoms with Crippen molar-refractivity contribution in [3.05, 3.63) is 188 Å². The molecule has 0 unspecified atom stereocenters. The minimum Gasteiger partial charge on any atom is -0.309 e. The zero-order valence-corrected chi connectivity index (χ0v) is 25.8. The third-order valence-electron chi connectivity index (χ3n) is 9.43. The molecule has 0 heterocycles. The van der Waals surface area contributed by atoms with E-state index in [9.17, 15) is 0 Å². The Morgan fingerprint density at radius 3 is 1.43 bits per heavy atom. The quantitative estimate of drug-likeness (QED) is 0.178. The smallest absolute Gasteiger partial charge is 0.0619 e. The van der Waals surface area contributed by atoms with Crippen LogP contribution in [0.4, 0.5) is 17.1 Å². The maximum absolute atomic E-state index is 2.48. The second-order valence-corrected chi connectivity index (χ2v) is 12.1. The largest absolute Gasteiger partial charge is 0.309 e. The van der Waals surface area contributed by atoms with Crippen molar-refractivity contribution in [3.63, 3.8) is 0 Å². The van der Waals surface area contributed by atoms with Gasteiger partial charge < -0.3 is 4.90 Å². The minimum atomic E-state index is 1.12. The van der Waals surface area contributed by atoms with Crippen LogP contribution in [0, 0.1) is 0 Å². The lowest BCUT2D eigenvalue weighted by atomic mass is 9.87. The van der Waals surface area contributed by atoms with Crippen molar-refractivity contribution in [2.45, 2.75) is 0 Å². The average Bonchev–Trinajstić information content (AvgIpc) is 3.15. The number of rotatable bonds is 5. The highest BCUT2D eigenvalue weighted by atomic mass is 15.1. The SMILES string of the molecule is c1ccc(-c2ccc(N(c3cccc4ccccc34)c3c4ccccc4c(-c4cccc5ccccc45)c4ccccc34)cc2)cc1. The molecular weight excluding hydrogens is 567 g/mol. The van der Waals surface area contributed by atoms with Gasteiger partial charge in [0.15, 0.2) is 0 Å². The number of benzene rings is 9. The van der Waals surface area contributed by atoms with Crippen molar-refractivity contribution < 1.29 is 0 Å². The van der Waals surface area contributed by atoms with Gasteiger partial charge in [-0.05, 0) is 67.4 Å². The molecule has 47 heavy (non-hydrogen) atoms. The predicted molar refractivity (Wildman–Crippen MR) is 202 cm³/mol. The van der Waals surface area contributed by atoms with E-state index in [4.69, 9.17) is 0 Å². The van der Waals surface area contributed by atoms with Crippen molar-refractivity contribution in [2.24, 2.45) is 0 Å². The van der Waals surface area contributed by atoms with Gasteiger partial charge in [0.1, 0.15) is 0 Å². The standard InChI is InChI=1S/C46H31N/c1-2-14-32(15-3-1)33-28-30-36(31-29-33)47(44-27-13-19-35-17-5-7-21-38(35)44)46-42-24-10-8-22-40(42)45(41-23-9-11-25-43(41)46)39-26-12-18-34-16-4-6-20-37(34)39/h1-31H. The Labute approximate surface area is 274 Å². The molecule has 0 radical (unpaired) electrons. The molecule has 9 aromatic carbocycles. The molecule has 0 bridgehead atoms. The molecule has 0 amide bonds. The lowest BCUT2D eigenvalue weighted by Gasteiger charge is -2.30. The lowest BCUT2D eigenvalue weighted by Crippen LogP contribution is -2.12. The molecule has 0 aliphatic carbocycles. The van der Waals surface area contributed by atoms with E-state index in [2.05, 4.69) is 193 Å². The molecule has 0 saturated heterocycles. The molecule has 9 rings (SSSR count). The number of fused-ring (bicyclic) bond motifs is 4. The summed E-state index contributed by atoms with van der Waals surface area (Å²) in [6.07, 6.45) is 0. The van der Waals surface area contributed by atoms with Crippen LogP contribution < -0.4 is 4.90 Å². The zero-order chi connectivity index (χ0) is 31.2. The normalized spacial score (nSPS) is 11.4. The van der Waals surface area contributed by atoms with Crippen LogP contribution in [0.25, 0.3) is 65.3 Å². The van der Waals surface area contributed by atoms with Gasteiger partial charge >= 0.3 is 0 Å². The van der Waals surface area contributed by atoms with E-state index >= 15 is 0 Å². The van der Waals surface area contributed by atoms with Crippen molar-refractivity contribution >= 4 is 60.2 Å². The predicted octanol–water partition coefficient (Wildman–Crippen LogP) is 13.1. The lowest BCUT2D eigenvalue weighted by molar-refractivity contribution is 1.33. The average molecular weight is 598 g/mol. The second kappa shape index (κ2) is 11.3. The Kier molecular flexibility index (Phi) is 6.54. The van der Waals surface area contributed by atoms with Crippen LogP contribution in [0.3, 0.4) is 0 Å². The van der Waals surface area contributed by atoms with Gasteiger partial charge in [-0.25, -0.2) is 0 Å². The third-order valence-corrected chi connectivity index (χ3v) is 9.43. The fourth-order valence-electron chi connectivity index (χ4n) is 7.31. The van der Waals surface area contributed by atoms with Crippen molar-refractivity contribution in [1.82, 2.24) is 0 Å². The molecule has 1 heteroatoms. The van der Waals surface area contributed by atoms with Gasteiger partial charge in [0, 0.05) is 21.8 Å². The molecule has 0 aliphatic rings. The molecule has 0 atom stereocenters. The Bertz CT molecular complexity index is 2500. The van der Waals surface area contributed by atoms with Crippen LogP contribution in [0.1, 0.15) is 0 Å². The molecule has 0 aliphatic heterocycles. The molecular formula is C46H31N. The fraction of sp³-hybridized carbons (Fsp3) is 0. The molecule has 220 valence electrons. The summed E-state index contributed by atoms with van der Waals surface area (Å²) >= 11 is 0. The van der Waals surface area contributed by atoms with E-state index in [1.807, 2.05) is 0 Å². The summed E-state index contributed by atoms with van der Waals surface area (Å²) in [5, 5.41) is 9.86. The van der Waals surface area contributed by atoms with Gasteiger partial charge in [0.05, 0.1) is 11.4 Å². The molecule has 0 fully saturated rings. The summed E-state index contributed by atoms with van der Waals surface area (Å²) in [7, 11) is 0. The number of hydrogen-bond acceptors (Lipinski definition) is 1. The monoisotopic (exact) mass is 597 g/mol. The first-order valence-electron chi connectivity index (χ1n) is 16.2. The summed E-state index contributed by atoms with van der Waals surface area (Å²) in [6, 6.07) is 68.3. The summed E-state index contributed by atoms with van der Waals surface area (Å²) in [6.45, 7) is 0. The van der Waals surface area contributed by atoms with Crippen LogP contribution in [0.2, 0.25) is 0 Å². The van der Waals surface area contributed by atoms with E-state index in [1.165, 1.54) is 71.0 Å². The highest BCUT2D eigenvalue weighted by Crippen LogP contribution is 2.50. The highest BCUT2D eigenvalue weighted by molar-refractivity contribution is 6.25. The van der Waals surface area contributed by atoms with Gasteiger partial charge in [-0.1, -0.05) is 170 Å². The third kappa shape index (κ3) is 4.56. The van der Waals surface area contributed by atoms with Crippen LogP contribution >= 0.6 is 0 Å². The Morgan fingerprint density at radius 2 is 0.766 bits per heavy atom. The fourth-order valence-corrected chi connectivity index (χ4v) is 7.31. The van der Waals surface area contributed by atoms with Crippen LogP contribution in [-0.2, 0) is 0 Å². The first-order valence-corrected chi connectivity index (χ1v) is 16.2. The number of anilines is 3. The number of hydrogen-bond donors (Lipinski definition) is 0. The number of nitrogens with zero attached hydrogens (tertiary/aromatic N) is 1. The summed E-state index contributed by atoms with van der Waals surface area (Å²) < 4.78 is 0. The summed E-state index contributed by atoms with van der Waals surface area (Å²) in [5.41, 5.74) is 8.40. The van der Waals surface area contributed by atoms with Gasteiger partial charge in [-0.15, -0.1) is 0 Å². The maximum Gasteiger partial charge on any atom is 0.0619 e. The minimum absolute atomic E-state index is 1.12. The molecule has 1 nitrogen and oxygen atoms in total. The zero-order valence-electron chi connectivity index (χ0n) is 25.8. The Morgan fingerprint density at radius 1 is 0.298 bits per heavy atom. The van der Waals surface area contributed by atoms with Crippen LogP contribution in [-0.4, -0.2) is 0 Å². The summed E-state index contributed by atoms with van der Waals surface area (Å²) in [5.74, 6) is 0. The summed E-state index contributed by atoms with van der Waals surface area (Å²) in [4.78, 5) is 2.48. The van der Waals surface area contributed by atoms with Crippen LogP contribution in [0.5, 0.6) is 0 Å². The molecule has 9 aromatic rings. The Balaban J connectivity index is 1.39. The van der Waals surface area contributed by atoms with Gasteiger partial charge in [0.25, 0.3) is 0 Å². The molecule has 0 saturated carbocycles.